The molecule has 0 aliphatic carbocycles. The predicted molar refractivity (Wildman–Crippen MR) is 108 cm³/mol. The van der Waals surface area contributed by atoms with Gasteiger partial charge in [-0.15, -0.1) is 0 Å². The normalized spacial score (nSPS) is 12.2. The summed E-state index contributed by atoms with van der Waals surface area (Å²) in [5, 5.41) is 15.5. The quantitative estimate of drug-likeness (QED) is 0.513. The molecule has 3 N–H and O–H groups in total. The second kappa shape index (κ2) is 7.25. The highest BCUT2D eigenvalue weighted by atomic mass is 16.3. The highest BCUT2D eigenvalue weighted by molar-refractivity contribution is 5.96. The van der Waals surface area contributed by atoms with Crippen LogP contribution in [-0.2, 0) is 0 Å². The van der Waals surface area contributed by atoms with Gasteiger partial charge in [-0.3, -0.25) is 9.59 Å². The number of benzene rings is 2. The third-order valence-corrected chi connectivity index (χ3v) is 4.74. The van der Waals surface area contributed by atoms with Gasteiger partial charge in [0.25, 0.3) is 5.91 Å². The first-order valence-corrected chi connectivity index (χ1v) is 8.97. The van der Waals surface area contributed by atoms with Gasteiger partial charge in [-0.1, -0.05) is 36.4 Å². The Kier molecular flexibility index (Phi) is 4.63. The van der Waals surface area contributed by atoms with Gasteiger partial charge >= 0.3 is 0 Å². The molecule has 1 amide bonds. The summed E-state index contributed by atoms with van der Waals surface area (Å²) in [6.45, 7) is 1.83. The van der Waals surface area contributed by atoms with E-state index < -0.39 is 12.0 Å². The largest absolute Gasteiger partial charge is 0.387 e. The first-order chi connectivity index (χ1) is 13.5. The Morgan fingerprint density at radius 3 is 2.75 bits per heavy atom. The molecule has 4 rings (SSSR count). The number of aromatic amines is 1. The number of H-pyrrole nitrogens is 1. The molecule has 1 atom stereocenters. The smallest absolute Gasteiger partial charge is 0.256 e. The van der Waals surface area contributed by atoms with Crippen molar-refractivity contribution in [2.45, 2.75) is 13.0 Å². The lowest BCUT2D eigenvalue weighted by Gasteiger charge is -2.13. The molecular formula is C22H19N3O3. The van der Waals surface area contributed by atoms with Crippen LogP contribution in [0.2, 0.25) is 0 Å². The van der Waals surface area contributed by atoms with E-state index in [0.29, 0.717) is 16.6 Å². The average molecular weight is 373 g/mol. The summed E-state index contributed by atoms with van der Waals surface area (Å²) in [6.07, 6.45) is 0.479. The maximum absolute atomic E-state index is 12.6. The first-order valence-electron chi connectivity index (χ1n) is 8.97. The lowest BCUT2D eigenvalue weighted by atomic mass is 10.0. The second-order valence-electron chi connectivity index (χ2n) is 6.71. The van der Waals surface area contributed by atoms with Crippen molar-refractivity contribution in [3.05, 3.63) is 87.8 Å². The summed E-state index contributed by atoms with van der Waals surface area (Å²) in [5.41, 5.74) is 1.52. The lowest BCUT2D eigenvalue weighted by molar-refractivity contribution is 0.0915. The van der Waals surface area contributed by atoms with Gasteiger partial charge in [0.2, 0.25) is 5.43 Å². The Morgan fingerprint density at radius 1 is 1.14 bits per heavy atom. The Balaban J connectivity index is 1.52. The number of hydrogen-bond donors (Lipinski definition) is 3. The summed E-state index contributed by atoms with van der Waals surface area (Å²) < 4.78 is 0. The minimum absolute atomic E-state index is 0.000792. The fraction of sp³-hybridized carbons (Fsp3) is 0.136. The number of carbonyl (C=O) groups excluding carboxylic acids is 1. The fourth-order valence-electron chi connectivity index (χ4n) is 3.19. The van der Waals surface area contributed by atoms with Gasteiger partial charge in [0.05, 0.1) is 11.5 Å². The van der Waals surface area contributed by atoms with Crippen molar-refractivity contribution < 1.29 is 9.90 Å². The SMILES string of the molecule is Cc1ccc2c(=O)c(C(=O)NCC(O)c3ccc4ccccc4c3)c[nH]c2n1. The topological polar surface area (TPSA) is 95.1 Å². The summed E-state index contributed by atoms with van der Waals surface area (Å²) >= 11 is 0. The van der Waals surface area contributed by atoms with Crippen molar-refractivity contribution in [1.29, 1.82) is 0 Å². The van der Waals surface area contributed by atoms with Gasteiger partial charge in [-0.05, 0) is 41.5 Å². The maximum atomic E-state index is 12.6. The molecule has 0 bridgehead atoms. The zero-order valence-corrected chi connectivity index (χ0v) is 15.3. The summed E-state index contributed by atoms with van der Waals surface area (Å²) in [6, 6.07) is 16.9. The Bertz CT molecular complexity index is 1250. The molecule has 0 aliphatic rings. The van der Waals surface area contributed by atoms with Crippen LogP contribution in [0.5, 0.6) is 0 Å². The molecule has 28 heavy (non-hydrogen) atoms. The van der Waals surface area contributed by atoms with Crippen LogP contribution in [-0.4, -0.2) is 27.5 Å². The molecule has 0 aliphatic heterocycles. The van der Waals surface area contributed by atoms with Crippen molar-refractivity contribution in [1.82, 2.24) is 15.3 Å². The molecule has 1 unspecified atom stereocenters. The minimum atomic E-state index is -0.877. The third kappa shape index (κ3) is 3.37. The number of hydrogen-bond acceptors (Lipinski definition) is 4. The van der Waals surface area contributed by atoms with E-state index in [4.69, 9.17) is 0 Å². The standard InChI is InChI=1S/C22H19N3O3/c1-13-6-9-17-20(27)18(11-23-21(17)25-13)22(28)24-12-19(26)16-8-7-14-4-2-3-5-15(14)10-16/h2-11,19,26H,12H2,1H3,(H,24,28)(H,23,25,27). The van der Waals surface area contributed by atoms with E-state index in [0.717, 1.165) is 16.5 Å². The van der Waals surface area contributed by atoms with Gasteiger partial charge in [0.15, 0.2) is 0 Å². The van der Waals surface area contributed by atoms with Crippen molar-refractivity contribution in [2.75, 3.05) is 6.54 Å². The summed E-state index contributed by atoms with van der Waals surface area (Å²) in [4.78, 5) is 32.2. The van der Waals surface area contributed by atoms with E-state index in [1.165, 1.54) is 6.20 Å². The number of pyridine rings is 2. The monoisotopic (exact) mass is 373 g/mol. The van der Waals surface area contributed by atoms with Crippen molar-refractivity contribution in [3.63, 3.8) is 0 Å². The number of fused-ring (bicyclic) bond motifs is 2. The third-order valence-electron chi connectivity index (χ3n) is 4.74. The molecule has 0 saturated carbocycles. The molecule has 0 fully saturated rings. The Morgan fingerprint density at radius 2 is 1.93 bits per heavy atom. The molecule has 0 saturated heterocycles. The van der Waals surface area contributed by atoms with Crippen LogP contribution in [0.4, 0.5) is 0 Å². The van der Waals surface area contributed by atoms with Gasteiger partial charge < -0.3 is 15.4 Å². The number of nitrogens with zero attached hydrogens (tertiary/aromatic N) is 1. The maximum Gasteiger partial charge on any atom is 0.256 e. The zero-order chi connectivity index (χ0) is 19.7. The Hall–Kier alpha value is -3.51. The fourth-order valence-corrected chi connectivity index (χ4v) is 3.19. The highest BCUT2D eigenvalue weighted by Crippen LogP contribution is 2.20. The van der Waals surface area contributed by atoms with Crippen molar-refractivity contribution in [3.8, 4) is 0 Å². The van der Waals surface area contributed by atoms with E-state index in [2.05, 4.69) is 15.3 Å². The van der Waals surface area contributed by atoms with Crippen LogP contribution in [0.15, 0.2) is 65.6 Å². The predicted octanol–water partition coefficient (Wildman–Crippen LogP) is 2.85. The van der Waals surface area contributed by atoms with E-state index in [-0.39, 0.29) is 17.5 Å². The second-order valence-corrected chi connectivity index (χ2v) is 6.71. The molecule has 2 aromatic carbocycles. The molecule has 2 aromatic heterocycles. The molecule has 4 aromatic rings. The number of amides is 1. The van der Waals surface area contributed by atoms with E-state index in [9.17, 15) is 14.7 Å². The zero-order valence-electron chi connectivity index (χ0n) is 15.3. The summed E-state index contributed by atoms with van der Waals surface area (Å²) in [5.74, 6) is -0.538. The minimum Gasteiger partial charge on any atom is -0.387 e. The van der Waals surface area contributed by atoms with Crippen LogP contribution in [0, 0.1) is 6.92 Å². The van der Waals surface area contributed by atoms with Gasteiger partial charge in [-0.25, -0.2) is 4.98 Å². The van der Waals surface area contributed by atoms with Gasteiger partial charge in [0, 0.05) is 18.4 Å². The number of aliphatic hydroxyl groups is 1. The van der Waals surface area contributed by atoms with E-state index in [1.807, 2.05) is 49.4 Å². The molecular weight excluding hydrogens is 354 g/mol. The lowest BCUT2D eigenvalue weighted by Crippen LogP contribution is -2.32. The number of aliphatic hydroxyl groups excluding tert-OH is 1. The van der Waals surface area contributed by atoms with Crippen LogP contribution in [0.25, 0.3) is 21.8 Å². The summed E-state index contributed by atoms with van der Waals surface area (Å²) in [7, 11) is 0. The van der Waals surface area contributed by atoms with Crippen molar-refractivity contribution >= 4 is 27.7 Å². The molecule has 6 heteroatoms. The van der Waals surface area contributed by atoms with Crippen LogP contribution in [0.3, 0.4) is 0 Å². The molecule has 140 valence electrons. The van der Waals surface area contributed by atoms with Crippen LogP contribution < -0.4 is 10.7 Å². The molecule has 0 radical (unpaired) electrons. The first kappa shape index (κ1) is 17.9. The van der Waals surface area contributed by atoms with Crippen LogP contribution in [0.1, 0.15) is 27.7 Å². The van der Waals surface area contributed by atoms with E-state index >= 15 is 0 Å². The van der Waals surface area contributed by atoms with Gasteiger partial charge in [-0.2, -0.15) is 0 Å². The number of aryl methyl sites for hydroxylation is 1. The highest BCUT2D eigenvalue weighted by Gasteiger charge is 2.16. The Labute approximate surface area is 160 Å². The molecule has 2 heterocycles. The van der Waals surface area contributed by atoms with Crippen LogP contribution >= 0.6 is 0 Å². The number of aromatic nitrogens is 2. The van der Waals surface area contributed by atoms with E-state index in [1.54, 1.807) is 12.1 Å². The molecule has 0 spiro atoms. The number of rotatable bonds is 4. The molecule has 6 nitrogen and oxygen atoms in total. The number of nitrogens with one attached hydrogen (secondary N) is 2. The number of carbonyl (C=O) groups is 1. The average Bonchev–Trinajstić information content (AvgIpc) is 2.71. The van der Waals surface area contributed by atoms with Crippen molar-refractivity contribution in [2.24, 2.45) is 0 Å². The van der Waals surface area contributed by atoms with Gasteiger partial charge in [0.1, 0.15) is 11.2 Å².